The van der Waals surface area contributed by atoms with E-state index in [2.05, 4.69) is 10.3 Å². The number of carbonyl (C=O) groups excluding carboxylic acids is 2. The molecule has 3 rings (SSSR count). The fourth-order valence-electron chi connectivity index (χ4n) is 3.03. The summed E-state index contributed by atoms with van der Waals surface area (Å²) in [6.45, 7) is -0.842. The first-order valence-corrected chi connectivity index (χ1v) is 9.73. The number of nitrogens with zero attached hydrogens (tertiary/aromatic N) is 2. The summed E-state index contributed by atoms with van der Waals surface area (Å²) < 4.78 is 61.8. The van der Waals surface area contributed by atoms with E-state index in [1.807, 2.05) is 0 Å². The first kappa shape index (κ1) is 24.5. The number of nitrogens with two attached hydrogens (primary N) is 1. The Morgan fingerprint density at radius 3 is 2.35 bits per heavy atom. The molecule has 4 N–H and O–H groups in total. The van der Waals surface area contributed by atoms with Crippen LogP contribution in [0.15, 0.2) is 48.5 Å². The molecule has 0 aliphatic heterocycles. The van der Waals surface area contributed by atoms with E-state index < -0.39 is 47.7 Å². The van der Waals surface area contributed by atoms with Crippen molar-refractivity contribution in [2.75, 3.05) is 18.1 Å². The zero-order chi connectivity index (χ0) is 24.8. The number of aromatic nitrogens is 1. The largest absolute Gasteiger partial charge is 0.445 e. The number of para-hydroxylation sites is 1. The van der Waals surface area contributed by atoms with Crippen LogP contribution in [-0.4, -0.2) is 35.4 Å². The molecule has 0 saturated heterocycles. The standard InChI is InChI=1S/C22H18F4N4O4/c23-13-5-6-14(17(26)10-13)19-12(11-34-22(33)28-8-9-31)4-7-18(29-19)30(21(27)32)20-15(24)2-1-3-16(20)25/h1-7,10,31H,8-9,11H2,(H2,27,32)(H,28,33). The van der Waals surface area contributed by atoms with Gasteiger partial charge in [0.1, 0.15) is 41.4 Å². The van der Waals surface area contributed by atoms with Crippen LogP contribution in [0.1, 0.15) is 5.56 Å². The number of carbonyl (C=O) groups is 2. The number of nitrogens with one attached hydrogen (secondary N) is 1. The predicted octanol–water partition coefficient (Wildman–Crippen LogP) is 3.74. The molecule has 0 aliphatic rings. The van der Waals surface area contributed by atoms with Gasteiger partial charge in [-0.3, -0.25) is 0 Å². The average molecular weight is 478 g/mol. The molecular weight excluding hydrogens is 460 g/mol. The Labute approximate surface area is 190 Å². The van der Waals surface area contributed by atoms with Crippen molar-refractivity contribution in [1.29, 1.82) is 0 Å². The molecule has 0 atom stereocenters. The Balaban J connectivity index is 2.11. The molecule has 3 aromatic rings. The number of hydrogen-bond donors (Lipinski definition) is 3. The second kappa shape index (κ2) is 10.6. The lowest BCUT2D eigenvalue weighted by atomic mass is 10.1. The van der Waals surface area contributed by atoms with Crippen molar-refractivity contribution < 1.29 is 37.0 Å². The summed E-state index contributed by atoms with van der Waals surface area (Å²) >= 11 is 0. The third-order valence-corrected chi connectivity index (χ3v) is 4.50. The first-order chi connectivity index (χ1) is 16.2. The van der Waals surface area contributed by atoms with Gasteiger partial charge >= 0.3 is 12.1 Å². The topological polar surface area (TPSA) is 118 Å². The number of primary amides is 1. The number of ether oxygens (including phenoxy) is 1. The average Bonchev–Trinajstić information content (AvgIpc) is 2.78. The molecule has 0 aliphatic carbocycles. The molecule has 3 amide bonds. The van der Waals surface area contributed by atoms with Gasteiger partial charge in [0, 0.05) is 23.7 Å². The van der Waals surface area contributed by atoms with Gasteiger partial charge in [-0.1, -0.05) is 6.07 Å². The normalized spacial score (nSPS) is 10.6. The number of hydrogen-bond acceptors (Lipinski definition) is 5. The molecular formula is C22H18F4N4O4. The van der Waals surface area contributed by atoms with Crippen LogP contribution in [0.3, 0.4) is 0 Å². The van der Waals surface area contributed by atoms with Crippen molar-refractivity contribution in [3.63, 3.8) is 0 Å². The van der Waals surface area contributed by atoms with Crippen LogP contribution in [-0.2, 0) is 11.3 Å². The van der Waals surface area contributed by atoms with Crippen molar-refractivity contribution in [2.24, 2.45) is 5.73 Å². The van der Waals surface area contributed by atoms with Crippen LogP contribution in [0, 0.1) is 23.3 Å². The first-order valence-electron chi connectivity index (χ1n) is 9.73. The molecule has 1 heterocycles. The Morgan fingerprint density at radius 2 is 1.74 bits per heavy atom. The maximum atomic E-state index is 14.6. The highest BCUT2D eigenvalue weighted by Gasteiger charge is 2.25. The molecule has 0 unspecified atom stereocenters. The fourth-order valence-corrected chi connectivity index (χ4v) is 3.03. The van der Waals surface area contributed by atoms with Crippen LogP contribution in [0.25, 0.3) is 11.3 Å². The second-order valence-electron chi connectivity index (χ2n) is 6.77. The number of amides is 3. The molecule has 2 aromatic carbocycles. The van der Waals surface area contributed by atoms with Gasteiger partial charge in [-0.25, -0.2) is 37.0 Å². The third kappa shape index (κ3) is 5.41. The number of urea groups is 1. The van der Waals surface area contributed by atoms with Gasteiger partial charge in [0.05, 0.1) is 12.3 Å². The highest BCUT2D eigenvalue weighted by molar-refractivity contribution is 5.98. The summed E-state index contributed by atoms with van der Waals surface area (Å²) in [6.07, 6.45) is -0.893. The minimum atomic E-state index is -1.28. The summed E-state index contributed by atoms with van der Waals surface area (Å²) in [5, 5.41) is 11.0. The molecule has 0 radical (unpaired) electrons. The number of aliphatic hydroxyl groups excluding tert-OH is 1. The van der Waals surface area contributed by atoms with E-state index in [4.69, 9.17) is 15.6 Å². The maximum Gasteiger partial charge on any atom is 0.407 e. The summed E-state index contributed by atoms with van der Waals surface area (Å²) in [4.78, 5) is 28.4. The van der Waals surface area contributed by atoms with Crippen molar-refractivity contribution >= 4 is 23.6 Å². The molecule has 1 aromatic heterocycles. The van der Waals surface area contributed by atoms with Crippen molar-refractivity contribution in [3.8, 4) is 11.3 Å². The Morgan fingerprint density at radius 1 is 1.03 bits per heavy atom. The van der Waals surface area contributed by atoms with Gasteiger partial charge in [0.15, 0.2) is 0 Å². The Hall–Kier alpha value is -4.19. The van der Waals surface area contributed by atoms with Gasteiger partial charge in [0.25, 0.3) is 0 Å². The molecule has 178 valence electrons. The molecule has 0 saturated carbocycles. The lowest BCUT2D eigenvalue weighted by Gasteiger charge is -2.22. The molecule has 0 bridgehead atoms. The minimum absolute atomic E-state index is 0.0722. The number of benzene rings is 2. The highest BCUT2D eigenvalue weighted by Crippen LogP contribution is 2.33. The van der Waals surface area contributed by atoms with Gasteiger partial charge in [-0.05, 0) is 36.4 Å². The van der Waals surface area contributed by atoms with E-state index in [1.54, 1.807) is 0 Å². The summed E-state index contributed by atoms with van der Waals surface area (Å²) in [7, 11) is 0. The van der Waals surface area contributed by atoms with Crippen LogP contribution < -0.4 is 16.0 Å². The van der Waals surface area contributed by atoms with E-state index >= 15 is 0 Å². The van der Waals surface area contributed by atoms with E-state index in [9.17, 15) is 27.2 Å². The summed E-state index contributed by atoms with van der Waals surface area (Å²) in [5.74, 6) is -4.49. The summed E-state index contributed by atoms with van der Waals surface area (Å²) in [5.41, 5.74) is 4.22. The monoisotopic (exact) mass is 478 g/mol. The van der Waals surface area contributed by atoms with E-state index in [-0.39, 0.29) is 35.8 Å². The zero-order valence-electron chi connectivity index (χ0n) is 17.4. The Kier molecular flexibility index (Phi) is 7.64. The quantitative estimate of drug-likeness (QED) is 0.447. The molecule has 34 heavy (non-hydrogen) atoms. The van der Waals surface area contributed by atoms with E-state index in [1.165, 1.54) is 6.07 Å². The minimum Gasteiger partial charge on any atom is -0.445 e. The number of anilines is 2. The van der Waals surface area contributed by atoms with Crippen molar-refractivity contribution in [1.82, 2.24) is 10.3 Å². The molecule has 0 spiro atoms. The third-order valence-electron chi connectivity index (χ3n) is 4.50. The summed E-state index contributed by atoms with van der Waals surface area (Å²) in [6, 6.07) is 6.64. The lowest BCUT2D eigenvalue weighted by molar-refractivity contribution is 0.137. The van der Waals surface area contributed by atoms with E-state index in [0.717, 1.165) is 36.4 Å². The van der Waals surface area contributed by atoms with Crippen LogP contribution in [0.4, 0.5) is 38.7 Å². The van der Waals surface area contributed by atoms with Crippen molar-refractivity contribution in [3.05, 3.63) is 77.4 Å². The van der Waals surface area contributed by atoms with E-state index in [0.29, 0.717) is 11.0 Å². The van der Waals surface area contributed by atoms with Gasteiger partial charge in [-0.2, -0.15) is 0 Å². The predicted molar refractivity (Wildman–Crippen MR) is 113 cm³/mol. The van der Waals surface area contributed by atoms with Crippen molar-refractivity contribution in [2.45, 2.75) is 6.61 Å². The molecule has 0 fully saturated rings. The van der Waals surface area contributed by atoms with Gasteiger partial charge in [0.2, 0.25) is 0 Å². The highest BCUT2D eigenvalue weighted by atomic mass is 19.1. The molecule has 12 heteroatoms. The van der Waals surface area contributed by atoms with Crippen LogP contribution in [0.5, 0.6) is 0 Å². The number of pyridine rings is 1. The number of aliphatic hydroxyl groups is 1. The number of rotatable bonds is 7. The fraction of sp³-hybridized carbons (Fsp3) is 0.136. The number of alkyl carbamates (subject to hydrolysis) is 1. The lowest BCUT2D eigenvalue weighted by Crippen LogP contribution is -2.33. The smallest absolute Gasteiger partial charge is 0.407 e. The zero-order valence-corrected chi connectivity index (χ0v) is 17.4. The second-order valence-corrected chi connectivity index (χ2v) is 6.77. The van der Waals surface area contributed by atoms with Crippen LogP contribution in [0.2, 0.25) is 0 Å². The number of halogens is 4. The molecule has 8 nitrogen and oxygen atoms in total. The van der Waals surface area contributed by atoms with Gasteiger partial charge < -0.3 is 20.9 Å². The Bertz CT molecular complexity index is 1210. The SMILES string of the molecule is NC(=O)N(c1ccc(COC(=O)NCCO)c(-c2ccc(F)cc2F)n1)c1c(F)cccc1F. The maximum absolute atomic E-state index is 14.6. The van der Waals surface area contributed by atoms with Gasteiger partial charge in [-0.15, -0.1) is 0 Å². The van der Waals surface area contributed by atoms with Crippen LogP contribution >= 0.6 is 0 Å².